The molecule has 1 N–H and O–H groups in total. The summed E-state index contributed by atoms with van der Waals surface area (Å²) in [5, 5.41) is 3.16. The van der Waals surface area contributed by atoms with Gasteiger partial charge in [0.05, 0.1) is 13.2 Å². The highest BCUT2D eigenvalue weighted by molar-refractivity contribution is 6.31. The Hall–Kier alpha value is -1.59. The van der Waals surface area contributed by atoms with Gasteiger partial charge in [-0.1, -0.05) is 11.6 Å². The van der Waals surface area contributed by atoms with Crippen LogP contribution >= 0.6 is 11.6 Å². The molecular weight excluding hydrogens is 280 g/mol. The molecule has 1 atom stereocenters. The molecule has 0 aromatic heterocycles. The van der Waals surface area contributed by atoms with E-state index in [4.69, 9.17) is 16.3 Å². The molecule has 5 nitrogen and oxygen atoms in total. The lowest BCUT2D eigenvalue weighted by molar-refractivity contribution is -0.136. The minimum Gasteiger partial charge on any atom is -0.365 e. The van der Waals surface area contributed by atoms with E-state index in [0.717, 1.165) is 5.56 Å². The van der Waals surface area contributed by atoms with Crippen LogP contribution in [-0.4, -0.2) is 49.6 Å². The Morgan fingerprint density at radius 2 is 2.20 bits per heavy atom. The summed E-state index contributed by atoms with van der Waals surface area (Å²) in [7, 11) is 1.55. The monoisotopic (exact) mass is 296 g/mol. The first-order valence-corrected chi connectivity index (χ1v) is 6.79. The van der Waals surface area contributed by atoms with Gasteiger partial charge in [0, 0.05) is 24.2 Å². The van der Waals surface area contributed by atoms with Crippen LogP contribution in [0.25, 0.3) is 0 Å². The van der Waals surface area contributed by atoms with Gasteiger partial charge < -0.3 is 15.0 Å². The van der Waals surface area contributed by atoms with Crippen molar-refractivity contribution in [2.75, 3.05) is 26.7 Å². The van der Waals surface area contributed by atoms with Gasteiger partial charge in [0.15, 0.2) is 6.10 Å². The highest BCUT2D eigenvalue weighted by Crippen LogP contribution is 2.18. The fourth-order valence-electron chi connectivity index (χ4n) is 2.11. The number of ether oxygens (including phenoxy) is 1. The molecule has 1 unspecified atom stereocenters. The van der Waals surface area contributed by atoms with Crippen LogP contribution in [0.3, 0.4) is 0 Å². The molecule has 0 saturated carbocycles. The zero-order chi connectivity index (χ0) is 14.7. The van der Waals surface area contributed by atoms with Crippen LogP contribution in [0.5, 0.6) is 0 Å². The molecule has 0 spiro atoms. The zero-order valence-corrected chi connectivity index (χ0v) is 12.2. The smallest absolute Gasteiger partial charge is 0.254 e. The molecule has 6 heteroatoms. The number of carbonyl (C=O) groups is 2. The zero-order valence-electron chi connectivity index (χ0n) is 11.5. The van der Waals surface area contributed by atoms with E-state index in [9.17, 15) is 9.59 Å². The number of rotatable bonds is 2. The summed E-state index contributed by atoms with van der Waals surface area (Å²) >= 11 is 5.96. The number of nitrogens with one attached hydrogen (secondary N) is 1. The lowest BCUT2D eigenvalue weighted by Crippen LogP contribution is -2.51. The maximum absolute atomic E-state index is 12.4. The second-order valence-electron chi connectivity index (χ2n) is 4.69. The van der Waals surface area contributed by atoms with Crippen molar-refractivity contribution in [1.29, 1.82) is 0 Å². The van der Waals surface area contributed by atoms with Crippen molar-refractivity contribution < 1.29 is 14.3 Å². The third-order valence-corrected chi connectivity index (χ3v) is 3.72. The van der Waals surface area contributed by atoms with Gasteiger partial charge in [-0.05, 0) is 30.7 Å². The van der Waals surface area contributed by atoms with Crippen LogP contribution in [-0.2, 0) is 9.53 Å². The number of morpholine rings is 1. The fraction of sp³-hybridized carbons (Fsp3) is 0.429. The van der Waals surface area contributed by atoms with Crippen LogP contribution in [0.4, 0.5) is 0 Å². The molecule has 1 aliphatic rings. The van der Waals surface area contributed by atoms with Crippen molar-refractivity contribution >= 4 is 23.4 Å². The van der Waals surface area contributed by atoms with Crippen molar-refractivity contribution in [3.63, 3.8) is 0 Å². The number of nitrogens with zero attached hydrogens (tertiary/aromatic N) is 1. The quantitative estimate of drug-likeness (QED) is 0.893. The molecule has 2 rings (SSSR count). The van der Waals surface area contributed by atoms with Crippen molar-refractivity contribution in [1.82, 2.24) is 10.2 Å². The first-order valence-electron chi connectivity index (χ1n) is 6.41. The Balaban J connectivity index is 2.12. The minimum atomic E-state index is -0.605. The molecule has 0 radical (unpaired) electrons. The molecule has 1 aliphatic heterocycles. The minimum absolute atomic E-state index is 0.109. The highest BCUT2D eigenvalue weighted by Gasteiger charge is 2.29. The van der Waals surface area contributed by atoms with E-state index in [1.807, 2.05) is 6.92 Å². The van der Waals surface area contributed by atoms with E-state index in [2.05, 4.69) is 5.32 Å². The predicted molar refractivity (Wildman–Crippen MR) is 75.9 cm³/mol. The number of aryl methyl sites for hydroxylation is 1. The second-order valence-corrected chi connectivity index (χ2v) is 5.10. The fourth-order valence-corrected chi connectivity index (χ4v) is 2.23. The van der Waals surface area contributed by atoms with Crippen molar-refractivity contribution in [3.05, 3.63) is 34.3 Å². The lowest BCUT2D eigenvalue weighted by atomic mass is 10.1. The number of amides is 2. The summed E-state index contributed by atoms with van der Waals surface area (Å²) in [4.78, 5) is 25.6. The molecule has 0 aliphatic carbocycles. The number of hydrogen-bond acceptors (Lipinski definition) is 3. The van der Waals surface area contributed by atoms with Gasteiger partial charge in [-0.25, -0.2) is 0 Å². The van der Waals surface area contributed by atoms with E-state index >= 15 is 0 Å². The number of hydrogen-bond donors (Lipinski definition) is 1. The standard InChI is InChI=1S/C14H17ClN2O3/c1-9-7-10(3-4-11(9)15)14(19)17-5-6-20-12(8-17)13(18)16-2/h3-4,7,12H,5-6,8H2,1-2H3,(H,16,18). The van der Waals surface area contributed by atoms with E-state index in [1.165, 1.54) is 0 Å². The second kappa shape index (κ2) is 6.24. The summed E-state index contributed by atoms with van der Waals surface area (Å²) in [6.45, 7) is 2.95. The van der Waals surface area contributed by atoms with Gasteiger partial charge in [-0.3, -0.25) is 9.59 Å². The highest BCUT2D eigenvalue weighted by atomic mass is 35.5. The molecule has 2 amide bonds. The normalized spacial score (nSPS) is 18.8. The molecule has 1 fully saturated rings. The summed E-state index contributed by atoms with van der Waals surface area (Å²) in [6.07, 6.45) is -0.605. The first-order chi connectivity index (χ1) is 9.52. The van der Waals surface area contributed by atoms with E-state index in [0.29, 0.717) is 23.7 Å². The van der Waals surface area contributed by atoms with Crippen LogP contribution in [0.15, 0.2) is 18.2 Å². The third kappa shape index (κ3) is 3.11. The number of benzene rings is 1. The van der Waals surface area contributed by atoms with Gasteiger partial charge in [0.25, 0.3) is 11.8 Å². The van der Waals surface area contributed by atoms with Crippen LogP contribution < -0.4 is 5.32 Å². The molecule has 1 aromatic carbocycles. The summed E-state index contributed by atoms with van der Waals surface area (Å²) in [5.41, 5.74) is 1.43. The number of likely N-dealkylation sites (N-methyl/N-ethyl adjacent to an activating group) is 1. The van der Waals surface area contributed by atoms with Crippen molar-refractivity contribution in [2.24, 2.45) is 0 Å². The third-order valence-electron chi connectivity index (χ3n) is 3.30. The summed E-state index contributed by atoms with van der Waals surface area (Å²) < 4.78 is 5.36. The molecular formula is C14H17ClN2O3. The molecule has 20 heavy (non-hydrogen) atoms. The van der Waals surface area contributed by atoms with E-state index in [-0.39, 0.29) is 18.4 Å². The average Bonchev–Trinajstić information content (AvgIpc) is 2.48. The van der Waals surface area contributed by atoms with Gasteiger partial charge in [-0.15, -0.1) is 0 Å². The molecule has 1 heterocycles. The summed E-state index contributed by atoms with van der Waals surface area (Å²) in [6, 6.07) is 5.16. The molecule has 108 valence electrons. The van der Waals surface area contributed by atoms with Crippen molar-refractivity contribution in [2.45, 2.75) is 13.0 Å². The van der Waals surface area contributed by atoms with Crippen molar-refractivity contribution in [3.8, 4) is 0 Å². The Morgan fingerprint density at radius 1 is 1.45 bits per heavy atom. The predicted octanol–water partition coefficient (Wildman–Crippen LogP) is 1.24. The van der Waals surface area contributed by atoms with Crippen LogP contribution in [0, 0.1) is 6.92 Å². The van der Waals surface area contributed by atoms with Crippen LogP contribution in [0.1, 0.15) is 15.9 Å². The lowest BCUT2D eigenvalue weighted by Gasteiger charge is -2.32. The van der Waals surface area contributed by atoms with E-state index in [1.54, 1.807) is 30.1 Å². The molecule has 1 aromatic rings. The maximum atomic E-state index is 12.4. The Labute approximate surface area is 122 Å². The Bertz CT molecular complexity index is 533. The van der Waals surface area contributed by atoms with Crippen LogP contribution in [0.2, 0.25) is 5.02 Å². The molecule has 0 bridgehead atoms. The first kappa shape index (κ1) is 14.8. The average molecular weight is 297 g/mol. The van der Waals surface area contributed by atoms with Gasteiger partial charge in [0.1, 0.15) is 0 Å². The van der Waals surface area contributed by atoms with E-state index < -0.39 is 6.10 Å². The molecule has 1 saturated heterocycles. The Kier molecular flexibility index (Phi) is 4.62. The van der Waals surface area contributed by atoms with Gasteiger partial charge in [-0.2, -0.15) is 0 Å². The van der Waals surface area contributed by atoms with Gasteiger partial charge in [0.2, 0.25) is 0 Å². The Morgan fingerprint density at radius 3 is 2.85 bits per heavy atom. The van der Waals surface area contributed by atoms with Gasteiger partial charge >= 0.3 is 0 Å². The topological polar surface area (TPSA) is 58.6 Å². The SMILES string of the molecule is CNC(=O)C1CN(C(=O)c2ccc(Cl)c(C)c2)CCO1. The number of carbonyl (C=O) groups excluding carboxylic acids is 2. The largest absolute Gasteiger partial charge is 0.365 e. The number of halogens is 1. The maximum Gasteiger partial charge on any atom is 0.254 e. The summed E-state index contributed by atoms with van der Waals surface area (Å²) in [5.74, 6) is -0.322.